The SMILES string of the molecule is CC/C(=N\C(N)=NC)n1ccc2cnc(Br)cc21. The zero-order valence-electron chi connectivity index (χ0n) is 10.3. The van der Waals surface area contributed by atoms with E-state index in [1.54, 1.807) is 7.05 Å². The summed E-state index contributed by atoms with van der Waals surface area (Å²) in [6, 6.07) is 3.96. The Morgan fingerprint density at radius 2 is 2.33 bits per heavy atom. The Morgan fingerprint density at radius 3 is 3.00 bits per heavy atom. The molecule has 0 aromatic carbocycles. The fourth-order valence-corrected chi connectivity index (χ4v) is 2.03. The Balaban J connectivity index is 2.59. The number of halogens is 1. The van der Waals surface area contributed by atoms with Gasteiger partial charge in [0.25, 0.3) is 0 Å². The lowest BCUT2D eigenvalue weighted by molar-refractivity contribution is 1.10. The van der Waals surface area contributed by atoms with Gasteiger partial charge in [-0.15, -0.1) is 0 Å². The standard InChI is InChI=1S/C12H14BrN5/c1-3-11(17-12(14)15-2)18-5-4-8-7-16-10(13)6-9(8)18/h4-7H,3H2,1-2H3,(H2,14,15)/b17-11+. The number of fused-ring (bicyclic) bond motifs is 1. The number of guanidine groups is 1. The molecule has 2 heterocycles. The molecule has 0 atom stereocenters. The van der Waals surface area contributed by atoms with Crippen LogP contribution in [0.4, 0.5) is 0 Å². The van der Waals surface area contributed by atoms with Crippen molar-refractivity contribution in [2.45, 2.75) is 13.3 Å². The average molecular weight is 308 g/mol. The molecule has 2 aromatic rings. The fourth-order valence-electron chi connectivity index (χ4n) is 1.71. The van der Waals surface area contributed by atoms with Crippen LogP contribution in [0.15, 0.2) is 39.1 Å². The number of rotatable bonds is 1. The van der Waals surface area contributed by atoms with Crippen LogP contribution in [0.2, 0.25) is 0 Å². The van der Waals surface area contributed by atoms with E-state index in [0.717, 1.165) is 27.8 Å². The van der Waals surface area contributed by atoms with Crippen molar-refractivity contribution in [3.63, 3.8) is 0 Å². The first kappa shape index (κ1) is 12.8. The third-order valence-corrected chi connectivity index (χ3v) is 3.04. The molecule has 0 bridgehead atoms. The number of nitrogens with zero attached hydrogens (tertiary/aromatic N) is 4. The summed E-state index contributed by atoms with van der Waals surface area (Å²) in [6.45, 7) is 2.03. The third-order valence-electron chi connectivity index (χ3n) is 2.61. The van der Waals surface area contributed by atoms with Crippen LogP contribution in [0, 0.1) is 0 Å². The predicted molar refractivity (Wildman–Crippen MR) is 78.1 cm³/mol. The van der Waals surface area contributed by atoms with E-state index in [2.05, 4.69) is 30.9 Å². The molecule has 6 heteroatoms. The summed E-state index contributed by atoms with van der Waals surface area (Å²) in [5.41, 5.74) is 6.70. The minimum Gasteiger partial charge on any atom is -0.368 e. The second kappa shape index (κ2) is 5.30. The molecule has 0 unspecified atom stereocenters. The predicted octanol–water partition coefficient (Wildman–Crippen LogP) is 2.40. The Morgan fingerprint density at radius 1 is 1.56 bits per heavy atom. The van der Waals surface area contributed by atoms with Gasteiger partial charge in [0.2, 0.25) is 5.96 Å². The van der Waals surface area contributed by atoms with Gasteiger partial charge in [-0.05, 0) is 28.1 Å². The summed E-state index contributed by atoms with van der Waals surface area (Å²) in [5.74, 6) is 1.13. The maximum Gasteiger partial charge on any atom is 0.216 e. The third kappa shape index (κ3) is 2.43. The smallest absolute Gasteiger partial charge is 0.216 e. The molecule has 0 fully saturated rings. The van der Waals surface area contributed by atoms with Gasteiger partial charge in [0.15, 0.2) is 0 Å². The van der Waals surface area contributed by atoms with E-state index in [9.17, 15) is 0 Å². The van der Waals surface area contributed by atoms with Crippen LogP contribution in [0.5, 0.6) is 0 Å². The molecule has 2 aromatic heterocycles. The number of aromatic nitrogens is 2. The first-order valence-corrected chi connectivity index (χ1v) is 6.37. The van der Waals surface area contributed by atoms with Crippen molar-refractivity contribution >= 4 is 38.6 Å². The van der Waals surface area contributed by atoms with Crippen molar-refractivity contribution in [3.05, 3.63) is 29.1 Å². The zero-order chi connectivity index (χ0) is 13.1. The van der Waals surface area contributed by atoms with Crippen LogP contribution in [0.3, 0.4) is 0 Å². The summed E-state index contributed by atoms with van der Waals surface area (Å²) in [7, 11) is 1.63. The number of nitrogens with two attached hydrogens (primary N) is 1. The van der Waals surface area contributed by atoms with Crippen LogP contribution in [0.25, 0.3) is 10.9 Å². The van der Waals surface area contributed by atoms with Gasteiger partial charge in [-0.3, -0.25) is 4.99 Å². The molecule has 0 spiro atoms. The second-order valence-corrected chi connectivity index (χ2v) is 4.53. The first-order chi connectivity index (χ1) is 8.65. The number of aliphatic imine (C=N–C) groups is 2. The van der Waals surface area contributed by atoms with E-state index in [-0.39, 0.29) is 5.96 Å². The van der Waals surface area contributed by atoms with Gasteiger partial charge in [-0.2, -0.15) is 4.99 Å². The minimum atomic E-state index is 0.279. The van der Waals surface area contributed by atoms with Gasteiger partial charge < -0.3 is 10.3 Å². The quantitative estimate of drug-likeness (QED) is 0.499. The summed E-state index contributed by atoms with van der Waals surface area (Å²) in [5, 5.41) is 1.06. The van der Waals surface area contributed by atoms with Crippen molar-refractivity contribution < 1.29 is 0 Å². The molecule has 5 nitrogen and oxygen atoms in total. The number of pyridine rings is 1. The van der Waals surface area contributed by atoms with Crippen LogP contribution in [0.1, 0.15) is 13.3 Å². The summed E-state index contributed by atoms with van der Waals surface area (Å²) in [6.07, 6.45) is 4.55. The Bertz CT molecular complexity index is 626. The van der Waals surface area contributed by atoms with E-state index in [4.69, 9.17) is 5.73 Å². The molecule has 0 radical (unpaired) electrons. The zero-order valence-corrected chi connectivity index (χ0v) is 11.8. The molecule has 0 amide bonds. The molecule has 0 aliphatic rings. The molecular weight excluding hydrogens is 294 g/mol. The maximum absolute atomic E-state index is 5.66. The molecule has 2 N–H and O–H groups in total. The Labute approximate surface area is 114 Å². The monoisotopic (exact) mass is 307 g/mol. The largest absolute Gasteiger partial charge is 0.368 e. The molecule has 2 rings (SSSR count). The van der Waals surface area contributed by atoms with Gasteiger partial charge >= 0.3 is 0 Å². The van der Waals surface area contributed by atoms with Crippen molar-refractivity contribution in [2.75, 3.05) is 7.05 Å². The van der Waals surface area contributed by atoms with Crippen LogP contribution in [-0.4, -0.2) is 28.4 Å². The molecule has 94 valence electrons. The lowest BCUT2D eigenvalue weighted by Crippen LogP contribution is -2.16. The highest BCUT2D eigenvalue weighted by Gasteiger charge is 2.07. The van der Waals surface area contributed by atoms with Crippen molar-refractivity contribution in [2.24, 2.45) is 15.7 Å². The molecule has 0 aliphatic carbocycles. The van der Waals surface area contributed by atoms with Gasteiger partial charge in [0.05, 0.1) is 5.52 Å². The van der Waals surface area contributed by atoms with E-state index in [1.807, 2.05) is 36.0 Å². The van der Waals surface area contributed by atoms with Crippen LogP contribution >= 0.6 is 15.9 Å². The van der Waals surface area contributed by atoms with Gasteiger partial charge in [-0.25, -0.2) is 4.98 Å². The van der Waals surface area contributed by atoms with Crippen molar-refractivity contribution in [1.29, 1.82) is 0 Å². The highest BCUT2D eigenvalue weighted by atomic mass is 79.9. The minimum absolute atomic E-state index is 0.279. The number of hydrogen-bond donors (Lipinski definition) is 1. The Kier molecular flexibility index (Phi) is 3.76. The number of hydrogen-bond acceptors (Lipinski definition) is 2. The topological polar surface area (TPSA) is 68.6 Å². The van der Waals surface area contributed by atoms with Crippen LogP contribution in [-0.2, 0) is 0 Å². The van der Waals surface area contributed by atoms with Gasteiger partial charge in [-0.1, -0.05) is 6.92 Å². The highest BCUT2D eigenvalue weighted by Crippen LogP contribution is 2.19. The van der Waals surface area contributed by atoms with E-state index >= 15 is 0 Å². The summed E-state index contributed by atoms with van der Waals surface area (Å²) >= 11 is 3.37. The molecular formula is C12H14BrN5. The van der Waals surface area contributed by atoms with Crippen molar-refractivity contribution in [1.82, 2.24) is 9.55 Å². The molecule has 0 aliphatic heterocycles. The van der Waals surface area contributed by atoms with E-state index < -0.39 is 0 Å². The molecule has 18 heavy (non-hydrogen) atoms. The van der Waals surface area contributed by atoms with Crippen LogP contribution < -0.4 is 5.73 Å². The average Bonchev–Trinajstić information content (AvgIpc) is 2.78. The maximum atomic E-state index is 5.66. The highest BCUT2D eigenvalue weighted by molar-refractivity contribution is 9.10. The van der Waals surface area contributed by atoms with Gasteiger partial charge in [0, 0.05) is 31.2 Å². The van der Waals surface area contributed by atoms with E-state index in [0.29, 0.717) is 0 Å². The normalized spacial score (nSPS) is 13.3. The van der Waals surface area contributed by atoms with Crippen molar-refractivity contribution in [3.8, 4) is 0 Å². The summed E-state index contributed by atoms with van der Waals surface area (Å²) < 4.78 is 2.79. The first-order valence-electron chi connectivity index (χ1n) is 5.58. The van der Waals surface area contributed by atoms with E-state index in [1.165, 1.54) is 0 Å². The summed E-state index contributed by atoms with van der Waals surface area (Å²) in [4.78, 5) is 12.4. The second-order valence-electron chi connectivity index (χ2n) is 3.71. The molecule has 0 saturated carbocycles. The lowest BCUT2D eigenvalue weighted by Gasteiger charge is -2.07. The lowest BCUT2D eigenvalue weighted by atomic mass is 10.3. The van der Waals surface area contributed by atoms with Gasteiger partial charge in [0.1, 0.15) is 10.4 Å². The Hall–Kier alpha value is -1.69. The fraction of sp³-hybridized carbons (Fsp3) is 0.250. The molecule has 0 saturated heterocycles.